The molecule has 0 fully saturated rings. The van der Waals surface area contributed by atoms with Crippen molar-refractivity contribution in [3.05, 3.63) is 11.2 Å². The fourth-order valence-electron chi connectivity index (χ4n) is 1.20. The lowest BCUT2D eigenvalue weighted by molar-refractivity contribution is 0.0687. The quantitative estimate of drug-likeness (QED) is 0.744. The van der Waals surface area contributed by atoms with Crippen LogP contribution in [0, 0.1) is 0 Å². The van der Waals surface area contributed by atoms with Crippen molar-refractivity contribution in [2.75, 3.05) is 12.8 Å². The second-order valence-corrected chi connectivity index (χ2v) is 8.41. The standard InChI is InChI=1S/C9H14N2O5S3/c1-6(18(2)14)3-4-11-19(15,16)9-7(8(12)13)10-5-17-9/h5-6,11H,3-4H2,1-2H3,(H,12,13). The minimum atomic E-state index is -3.89. The Morgan fingerprint density at radius 2 is 2.26 bits per heavy atom. The Balaban J connectivity index is 2.74. The Labute approximate surface area is 117 Å². The summed E-state index contributed by atoms with van der Waals surface area (Å²) in [6, 6.07) is 0. The van der Waals surface area contributed by atoms with E-state index in [9.17, 15) is 17.4 Å². The van der Waals surface area contributed by atoms with Crippen molar-refractivity contribution in [3.63, 3.8) is 0 Å². The maximum Gasteiger partial charge on any atom is 0.356 e. The van der Waals surface area contributed by atoms with Crippen molar-refractivity contribution in [2.45, 2.75) is 22.8 Å². The monoisotopic (exact) mass is 326 g/mol. The van der Waals surface area contributed by atoms with Gasteiger partial charge < -0.3 is 5.11 Å². The molecule has 2 atom stereocenters. The SMILES string of the molecule is CC(CCNS(=O)(=O)c1scnc1C(=O)O)S(C)=O. The first-order chi connectivity index (χ1) is 8.75. The molecule has 0 bridgehead atoms. The van der Waals surface area contributed by atoms with E-state index in [1.807, 2.05) is 0 Å². The zero-order chi connectivity index (χ0) is 14.6. The third-order valence-electron chi connectivity index (χ3n) is 2.39. The number of hydrogen-bond donors (Lipinski definition) is 2. The predicted octanol–water partition coefficient (Wildman–Crippen LogP) is 0.277. The van der Waals surface area contributed by atoms with Gasteiger partial charge in [0.05, 0.1) is 5.51 Å². The zero-order valence-corrected chi connectivity index (χ0v) is 12.8. The average molecular weight is 326 g/mol. The van der Waals surface area contributed by atoms with E-state index in [0.29, 0.717) is 6.42 Å². The Morgan fingerprint density at radius 1 is 1.63 bits per heavy atom. The molecule has 10 heteroatoms. The number of carboxylic acids is 1. The molecule has 0 aromatic carbocycles. The van der Waals surface area contributed by atoms with Crippen LogP contribution in [0.5, 0.6) is 0 Å². The normalized spacial score (nSPS) is 15.1. The fourth-order valence-corrected chi connectivity index (χ4v) is 3.88. The van der Waals surface area contributed by atoms with Gasteiger partial charge in [0.2, 0.25) is 0 Å². The fraction of sp³-hybridized carbons (Fsp3) is 0.556. The largest absolute Gasteiger partial charge is 0.476 e. The number of sulfonamides is 1. The van der Waals surface area contributed by atoms with Gasteiger partial charge in [-0.25, -0.2) is 22.9 Å². The molecule has 108 valence electrons. The molecule has 0 aliphatic rings. The number of thiazole rings is 1. The highest BCUT2D eigenvalue weighted by Gasteiger charge is 2.25. The topological polar surface area (TPSA) is 113 Å². The van der Waals surface area contributed by atoms with Gasteiger partial charge in [-0.15, -0.1) is 11.3 Å². The molecule has 0 amide bonds. The first kappa shape index (κ1) is 16.2. The number of nitrogens with zero attached hydrogens (tertiary/aromatic N) is 1. The van der Waals surface area contributed by atoms with Crippen LogP contribution < -0.4 is 4.72 Å². The molecule has 0 spiro atoms. The van der Waals surface area contributed by atoms with E-state index in [2.05, 4.69) is 9.71 Å². The van der Waals surface area contributed by atoms with Crippen LogP contribution in [-0.4, -0.2) is 46.7 Å². The van der Waals surface area contributed by atoms with Gasteiger partial charge in [-0.2, -0.15) is 0 Å². The molecule has 0 aliphatic carbocycles. The van der Waals surface area contributed by atoms with Crippen LogP contribution in [0.25, 0.3) is 0 Å². The van der Waals surface area contributed by atoms with Crippen LogP contribution in [0.4, 0.5) is 0 Å². The first-order valence-corrected chi connectivity index (χ1v) is 9.22. The predicted molar refractivity (Wildman–Crippen MR) is 72.4 cm³/mol. The molecule has 19 heavy (non-hydrogen) atoms. The van der Waals surface area contributed by atoms with Crippen LogP contribution in [0.3, 0.4) is 0 Å². The Hall–Kier alpha value is -0.840. The van der Waals surface area contributed by atoms with Crippen LogP contribution in [0.2, 0.25) is 0 Å². The molecule has 1 rings (SSSR count). The molecule has 1 aromatic rings. The Bertz CT molecular complexity index is 580. The number of carbonyl (C=O) groups is 1. The van der Waals surface area contributed by atoms with Crippen molar-refractivity contribution in [3.8, 4) is 0 Å². The smallest absolute Gasteiger partial charge is 0.356 e. The highest BCUT2D eigenvalue weighted by Crippen LogP contribution is 2.19. The molecule has 7 nitrogen and oxygen atoms in total. The molecule has 2 unspecified atom stereocenters. The summed E-state index contributed by atoms with van der Waals surface area (Å²) in [6.07, 6.45) is 1.95. The molecular formula is C9H14N2O5S3. The molecule has 1 heterocycles. The first-order valence-electron chi connectivity index (χ1n) is 5.24. The van der Waals surface area contributed by atoms with Crippen molar-refractivity contribution in [1.29, 1.82) is 0 Å². The van der Waals surface area contributed by atoms with Crippen LogP contribution in [0.1, 0.15) is 23.8 Å². The van der Waals surface area contributed by atoms with Gasteiger partial charge in [-0.05, 0) is 6.42 Å². The van der Waals surface area contributed by atoms with E-state index in [1.54, 1.807) is 13.2 Å². The number of hydrogen-bond acceptors (Lipinski definition) is 6. The molecule has 0 saturated heterocycles. The van der Waals surface area contributed by atoms with E-state index >= 15 is 0 Å². The van der Waals surface area contributed by atoms with Crippen molar-refractivity contribution >= 4 is 38.1 Å². The number of aromatic nitrogens is 1. The summed E-state index contributed by atoms with van der Waals surface area (Å²) in [5.41, 5.74) is 0.687. The van der Waals surface area contributed by atoms with Gasteiger partial charge in [-0.1, -0.05) is 6.92 Å². The van der Waals surface area contributed by atoms with Gasteiger partial charge in [0.1, 0.15) is 0 Å². The molecule has 0 saturated carbocycles. The van der Waals surface area contributed by atoms with Crippen LogP contribution in [-0.2, 0) is 20.8 Å². The number of rotatable bonds is 7. The summed E-state index contributed by atoms with van der Waals surface area (Å²) in [5, 5.41) is 8.68. The van der Waals surface area contributed by atoms with Crippen molar-refractivity contribution in [1.82, 2.24) is 9.71 Å². The zero-order valence-electron chi connectivity index (χ0n) is 10.3. The van der Waals surface area contributed by atoms with E-state index in [4.69, 9.17) is 5.11 Å². The molecule has 0 aliphatic heterocycles. The highest BCUT2D eigenvalue weighted by molar-refractivity contribution is 7.91. The number of carboxylic acid groups (broad SMARTS) is 1. The van der Waals surface area contributed by atoms with Gasteiger partial charge in [0.15, 0.2) is 9.90 Å². The lowest BCUT2D eigenvalue weighted by Crippen LogP contribution is -2.28. The average Bonchev–Trinajstić information content (AvgIpc) is 2.77. The summed E-state index contributed by atoms with van der Waals surface area (Å²) < 4.78 is 36.9. The summed E-state index contributed by atoms with van der Waals surface area (Å²) in [7, 11) is -4.91. The minimum Gasteiger partial charge on any atom is -0.476 e. The maximum absolute atomic E-state index is 11.9. The van der Waals surface area contributed by atoms with Crippen molar-refractivity contribution in [2.24, 2.45) is 0 Å². The molecule has 2 N–H and O–H groups in total. The number of aromatic carboxylic acids is 1. The van der Waals surface area contributed by atoms with Crippen molar-refractivity contribution < 1.29 is 22.5 Å². The van der Waals surface area contributed by atoms with E-state index in [1.165, 1.54) is 5.51 Å². The second kappa shape index (κ2) is 6.55. The molecule has 0 radical (unpaired) electrons. The maximum atomic E-state index is 11.9. The summed E-state index contributed by atoms with van der Waals surface area (Å²) in [5.74, 6) is -1.38. The highest BCUT2D eigenvalue weighted by atomic mass is 32.2. The van der Waals surface area contributed by atoms with Gasteiger partial charge in [0, 0.05) is 28.9 Å². The summed E-state index contributed by atoms with van der Waals surface area (Å²) >= 11 is 0.748. The minimum absolute atomic E-state index is 0.0973. The summed E-state index contributed by atoms with van der Waals surface area (Å²) in [4.78, 5) is 14.3. The van der Waals surface area contributed by atoms with Gasteiger partial charge in [0.25, 0.3) is 10.0 Å². The Morgan fingerprint density at radius 3 is 2.79 bits per heavy atom. The molecule has 1 aromatic heterocycles. The third-order valence-corrected chi connectivity index (χ3v) is 6.59. The van der Waals surface area contributed by atoms with Crippen LogP contribution >= 0.6 is 11.3 Å². The van der Waals surface area contributed by atoms with Gasteiger partial charge in [-0.3, -0.25) is 4.21 Å². The molecular weight excluding hydrogens is 312 g/mol. The van der Waals surface area contributed by atoms with E-state index in [-0.39, 0.29) is 16.0 Å². The second-order valence-electron chi connectivity index (χ2n) is 3.79. The van der Waals surface area contributed by atoms with Crippen LogP contribution in [0.15, 0.2) is 9.72 Å². The summed E-state index contributed by atoms with van der Waals surface area (Å²) in [6.45, 7) is 1.85. The third kappa shape index (κ3) is 4.34. The van der Waals surface area contributed by atoms with Gasteiger partial charge >= 0.3 is 5.97 Å². The lowest BCUT2D eigenvalue weighted by Gasteiger charge is -2.09. The van der Waals surface area contributed by atoms with E-state index < -0.39 is 32.5 Å². The number of nitrogens with one attached hydrogen (secondary N) is 1. The van der Waals surface area contributed by atoms with E-state index in [0.717, 1.165) is 11.3 Å². The lowest BCUT2D eigenvalue weighted by atomic mass is 10.3. The Kier molecular flexibility index (Phi) is 5.59.